The Morgan fingerprint density at radius 3 is 2.11 bits per heavy atom. The van der Waals surface area contributed by atoms with Crippen molar-refractivity contribution < 1.29 is 17.9 Å². The highest BCUT2D eigenvalue weighted by atomic mass is 19.4. The van der Waals surface area contributed by atoms with Crippen molar-refractivity contribution in [2.45, 2.75) is 18.6 Å². The molecule has 0 saturated heterocycles. The molecular weight excluding hydrogens is 351 g/mol. The standard InChI is InChI=1S/C22H22F3NO/c1-26(2)20(16-8-4-3-5-9-16)14-15-27-21-13-12-19(22(23,24)25)17-10-6-7-11-18(17)21/h3-13,20H,14-15H2,1-2H3. The van der Waals surface area contributed by atoms with Gasteiger partial charge in [-0.25, -0.2) is 0 Å². The van der Waals surface area contributed by atoms with Crippen LogP contribution in [0.2, 0.25) is 0 Å². The highest BCUT2D eigenvalue weighted by Gasteiger charge is 2.32. The molecule has 0 saturated carbocycles. The van der Waals surface area contributed by atoms with E-state index in [2.05, 4.69) is 17.0 Å². The summed E-state index contributed by atoms with van der Waals surface area (Å²) in [5, 5.41) is 0.642. The number of hydrogen-bond acceptors (Lipinski definition) is 2. The molecule has 27 heavy (non-hydrogen) atoms. The summed E-state index contributed by atoms with van der Waals surface area (Å²) in [6.45, 7) is 0.410. The van der Waals surface area contributed by atoms with Gasteiger partial charge in [-0.2, -0.15) is 13.2 Å². The maximum absolute atomic E-state index is 13.2. The van der Waals surface area contributed by atoms with Crippen molar-refractivity contribution in [3.63, 3.8) is 0 Å². The van der Waals surface area contributed by atoms with Gasteiger partial charge in [0.05, 0.1) is 12.2 Å². The van der Waals surface area contributed by atoms with Crippen molar-refractivity contribution in [1.29, 1.82) is 0 Å². The van der Waals surface area contributed by atoms with Gasteiger partial charge in [0, 0.05) is 17.8 Å². The second kappa shape index (κ2) is 8.01. The number of hydrogen-bond donors (Lipinski definition) is 0. The van der Waals surface area contributed by atoms with Gasteiger partial charge in [-0.15, -0.1) is 0 Å². The van der Waals surface area contributed by atoms with Crippen LogP contribution in [0, 0.1) is 0 Å². The zero-order valence-electron chi connectivity index (χ0n) is 15.3. The first-order chi connectivity index (χ1) is 12.9. The zero-order valence-corrected chi connectivity index (χ0v) is 15.3. The molecule has 0 aliphatic carbocycles. The molecule has 1 atom stereocenters. The van der Waals surface area contributed by atoms with E-state index < -0.39 is 11.7 Å². The smallest absolute Gasteiger partial charge is 0.417 e. The molecule has 2 nitrogen and oxygen atoms in total. The van der Waals surface area contributed by atoms with Gasteiger partial charge < -0.3 is 9.64 Å². The fraction of sp³-hybridized carbons (Fsp3) is 0.273. The first kappa shape index (κ1) is 19.2. The number of rotatable bonds is 6. The van der Waals surface area contributed by atoms with E-state index in [0.717, 1.165) is 12.5 Å². The largest absolute Gasteiger partial charge is 0.493 e. The third-order valence-electron chi connectivity index (χ3n) is 4.65. The van der Waals surface area contributed by atoms with Crippen LogP contribution in [0.1, 0.15) is 23.6 Å². The Morgan fingerprint density at radius 1 is 0.852 bits per heavy atom. The Balaban J connectivity index is 1.79. The average Bonchev–Trinajstić information content (AvgIpc) is 2.64. The molecule has 3 rings (SSSR count). The first-order valence-corrected chi connectivity index (χ1v) is 8.81. The number of halogens is 3. The van der Waals surface area contributed by atoms with E-state index in [0.29, 0.717) is 17.7 Å². The van der Waals surface area contributed by atoms with Crippen LogP contribution in [0.25, 0.3) is 10.8 Å². The second-order valence-electron chi connectivity index (χ2n) is 6.68. The van der Waals surface area contributed by atoms with Crippen LogP contribution in [0.5, 0.6) is 5.75 Å². The van der Waals surface area contributed by atoms with Gasteiger partial charge in [-0.3, -0.25) is 0 Å². The maximum atomic E-state index is 13.2. The third-order valence-corrected chi connectivity index (χ3v) is 4.65. The lowest BCUT2D eigenvalue weighted by molar-refractivity contribution is -0.136. The van der Waals surface area contributed by atoms with Crippen molar-refractivity contribution in [3.05, 3.63) is 77.9 Å². The SMILES string of the molecule is CN(C)C(CCOc1ccc(C(F)(F)F)c2ccccc12)c1ccccc1. The van der Waals surface area contributed by atoms with Crippen molar-refractivity contribution in [1.82, 2.24) is 4.90 Å². The summed E-state index contributed by atoms with van der Waals surface area (Å²) < 4.78 is 45.6. The first-order valence-electron chi connectivity index (χ1n) is 8.81. The van der Waals surface area contributed by atoms with E-state index in [1.54, 1.807) is 18.2 Å². The number of nitrogens with zero attached hydrogens (tertiary/aromatic N) is 1. The molecule has 0 bridgehead atoms. The molecule has 3 aromatic carbocycles. The van der Waals surface area contributed by atoms with Gasteiger partial charge in [-0.05, 0) is 37.2 Å². The van der Waals surface area contributed by atoms with E-state index >= 15 is 0 Å². The summed E-state index contributed by atoms with van der Waals surface area (Å²) in [5.74, 6) is 0.476. The van der Waals surface area contributed by atoms with Crippen LogP contribution < -0.4 is 4.74 Å². The van der Waals surface area contributed by atoms with Crippen LogP contribution in [0.4, 0.5) is 13.2 Å². The predicted octanol–water partition coefficient (Wildman–Crippen LogP) is 5.93. The molecule has 142 valence electrons. The van der Waals surface area contributed by atoms with Gasteiger partial charge >= 0.3 is 6.18 Å². The Kier molecular flexibility index (Phi) is 5.71. The number of fused-ring (bicyclic) bond motifs is 1. The minimum absolute atomic E-state index is 0.162. The lowest BCUT2D eigenvalue weighted by atomic mass is 10.0. The summed E-state index contributed by atoms with van der Waals surface area (Å²) in [5.41, 5.74) is 0.546. The molecule has 0 fully saturated rings. The monoisotopic (exact) mass is 373 g/mol. The van der Waals surface area contributed by atoms with Crippen molar-refractivity contribution in [2.24, 2.45) is 0 Å². The normalized spacial score (nSPS) is 13.1. The van der Waals surface area contributed by atoms with E-state index in [-0.39, 0.29) is 11.4 Å². The lowest BCUT2D eigenvalue weighted by Crippen LogP contribution is -2.22. The Labute approximate surface area is 157 Å². The topological polar surface area (TPSA) is 12.5 Å². The summed E-state index contributed by atoms with van der Waals surface area (Å²) >= 11 is 0. The van der Waals surface area contributed by atoms with Gasteiger partial charge in [0.15, 0.2) is 0 Å². The fourth-order valence-electron chi connectivity index (χ4n) is 3.32. The van der Waals surface area contributed by atoms with E-state index in [4.69, 9.17) is 4.74 Å². The quantitative estimate of drug-likeness (QED) is 0.531. The minimum Gasteiger partial charge on any atom is -0.493 e. The highest BCUT2D eigenvalue weighted by molar-refractivity contribution is 5.91. The average molecular weight is 373 g/mol. The number of benzene rings is 3. The van der Waals surface area contributed by atoms with Crippen LogP contribution in [-0.4, -0.2) is 25.6 Å². The van der Waals surface area contributed by atoms with Crippen molar-refractivity contribution in [2.75, 3.05) is 20.7 Å². The summed E-state index contributed by atoms with van der Waals surface area (Å²) in [7, 11) is 4.01. The molecule has 0 aromatic heterocycles. The molecule has 0 radical (unpaired) electrons. The fourth-order valence-corrected chi connectivity index (χ4v) is 3.32. The molecule has 0 aliphatic rings. The van der Waals surface area contributed by atoms with Crippen LogP contribution in [0.3, 0.4) is 0 Å². The van der Waals surface area contributed by atoms with E-state index in [9.17, 15) is 13.2 Å². The molecule has 1 unspecified atom stereocenters. The second-order valence-corrected chi connectivity index (χ2v) is 6.68. The highest BCUT2D eigenvalue weighted by Crippen LogP contribution is 2.38. The number of alkyl halides is 3. The number of ether oxygens (including phenoxy) is 1. The van der Waals surface area contributed by atoms with Gasteiger partial charge in [0.25, 0.3) is 0 Å². The van der Waals surface area contributed by atoms with E-state index in [1.165, 1.54) is 17.7 Å². The van der Waals surface area contributed by atoms with Crippen molar-refractivity contribution in [3.8, 4) is 5.75 Å². The zero-order chi connectivity index (χ0) is 19.4. The van der Waals surface area contributed by atoms with Gasteiger partial charge in [0.1, 0.15) is 5.75 Å². The molecule has 0 N–H and O–H groups in total. The summed E-state index contributed by atoms with van der Waals surface area (Å²) in [6.07, 6.45) is -3.66. The molecule has 3 aromatic rings. The molecule has 0 amide bonds. The van der Waals surface area contributed by atoms with Gasteiger partial charge in [0.2, 0.25) is 0 Å². The Morgan fingerprint density at radius 2 is 1.48 bits per heavy atom. The molecule has 0 heterocycles. The van der Waals surface area contributed by atoms with Crippen LogP contribution in [0.15, 0.2) is 66.7 Å². The molecule has 0 aliphatic heterocycles. The van der Waals surface area contributed by atoms with Crippen LogP contribution >= 0.6 is 0 Å². The van der Waals surface area contributed by atoms with Crippen molar-refractivity contribution >= 4 is 10.8 Å². The Hall–Kier alpha value is -2.53. The molecule has 5 heteroatoms. The lowest BCUT2D eigenvalue weighted by Gasteiger charge is -2.25. The Bertz CT molecular complexity index is 891. The van der Waals surface area contributed by atoms with Gasteiger partial charge in [-0.1, -0.05) is 54.6 Å². The molecular formula is C22H22F3NO. The summed E-state index contributed by atoms with van der Waals surface area (Å²) in [4.78, 5) is 2.11. The van der Waals surface area contributed by atoms with Crippen LogP contribution in [-0.2, 0) is 6.18 Å². The third kappa shape index (κ3) is 4.42. The predicted molar refractivity (Wildman–Crippen MR) is 102 cm³/mol. The minimum atomic E-state index is -4.39. The molecule has 0 spiro atoms. The maximum Gasteiger partial charge on any atom is 0.417 e. The van der Waals surface area contributed by atoms with E-state index in [1.807, 2.05) is 32.3 Å². The summed E-state index contributed by atoms with van der Waals surface area (Å²) in [6, 6.07) is 19.3.